The summed E-state index contributed by atoms with van der Waals surface area (Å²) in [5.74, 6) is 0.431. The number of hydrogen-bond donors (Lipinski definition) is 1. The molecule has 0 unspecified atom stereocenters. The minimum absolute atomic E-state index is 0.133. The molecular weight excluding hydrogens is 311 g/mol. The molecule has 0 aliphatic carbocycles. The number of benzene rings is 2. The van der Waals surface area contributed by atoms with Crippen LogP contribution in [0.25, 0.3) is 22.4 Å². The lowest BCUT2D eigenvalue weighted by Gasteiger charge is -2.05. The Balaban J connectivity index is 2.28. The second-order valence-electron chi connectivity index (χ2n) is 4.29. The summed E-state index contributed by atoms with van der Waals surface area (Å²) in [5, 5.41) is 9.99. The van der Waals surface area contributed by atoms with E-state index < -0.39 is 0 Å². The van der Waals surface area contributed by atoms with Gasteiger partial charge in [-0.25, -0.2) is 9.37 Å². The molecule has 3 aromatic rings. The third-order valence-electron chi connectivity index (χ3n) is 3.04. The Hall–Kier alpha value is -1.88. The number of nitrogens with zero attached hydrogens (tertiary/aromatic N) is 2. The number of halogens is 2. The molecule has 2 aromatic carbocycles. The minimum Gasteiger partial charge on any atom is -0.507 e. The standard InChI is InChI=1S/C14H10BrFN2O/c1-18-12-7-9(16)3-5-11(12)17-14(18)10-4-2-8(15)6-13(10)19/h2-7,19H,1H3. The first-order chi connectivity index (χ1) is 9.06. The van der Waals surface area contributed by atoms with Crippen LogP contribution in [0.3, 0.4) is 0 Å². The van der Waals surface area contributed by atoms with E-state index in [0.29, 0.717) is 22.4 Å². The number of aryl methyl sites for hydroxylation is 1. The van der Waals surface area contributed by atoms with Gasteiger partial charge in [-0.15, -0.1) is 0 Å². The van der Waals surface area contributed by atoms with Gasteiger partial charge >= 0.3 is 0 Å². The normalized spacial score (nSPS) is 11.1. The fourth-order valence-electron chi connectivity index (χ4n) is 2.10. The minimum atomic E-state index is -0.304. The molecule has 0 saturated heterocycles. The van der Waals surface area contributed by atoms with Crippen molar-refractivity contribution in [1.82, 2.24) is 9.55 Å². The molecule has 0 aliphatic rings. The van der Waals surface area contributed by atoms with Crippen LogP contribution >= 0.6 is 15.9 Å². The maximum Gasteiger partial charge on any atom is 0.144 e. The topological polar surface area (TPSA) is 38.0 Å². The van der Waals surface area contributed by atoms with Crippen LogP contribution in [0.4, 0.5) is 4.39 Å². The van der Waals surface area contributed by atoms with Gasteiger partial charge in [-0.05, 0) is 36.4 Å². The predicted octanol–water partition coefficient (Wildman–Crippen LogP) is 3.85. The Bertz CT molecular complexity index is 782. The van der Waals surface area contributed by atoms with Crippen molar-refractivity contribution >= 4 is 27.0 Å². The molecule has 1 aromatic heterocycles. The summed E-state index contributed by atoms with van der Waals surface area (Å²) < 4.78 is 15.8. The molecule has 0 radical (unpaired) electrons. The summed E-state index contributed by atoms with van der Waals surface area (Å²) in [5.41, 5.74) is 2.00. The number of rotatable bonds is 1. The lowest BCUT2D eigenvalue weighted by molar-refractivity contribution is 0.476. The summed E-state index contributed by atoms with van der Waals surface area (Å²) in [6.45, 7) is 0. The second kappa shape index (κ2) is 4.35. The number of hydrogen-bond acceptors (Lipinski definition) is 2. The van der Waals surface area contributed by atoms with Crippen molar-refractivity contribution in [3.05, 3.63) is 46.7 Å². The number of phenols is 1. The van der Waals surface area contributed by atoms with E-state index >= 15 is 0 Å². The maximum atomic E-state index is 13.3. The summed E-state index contributed by atoms with van der Waals surface area (Å²) in [7, 11) is 1.80. The van der Waals surface area contributed by atoms with E-state index in [1.165, 1.54) is 12.1 Å². The van der Waals surface area contributed by atoms with Gasteiger partial charge in [0.1, 0.15) is 17.4 Å². The summed E-state index contributed by atoms with van der Waals surface area (Å²) >= 11 is 3.29. The van der Waals surface area contributed by atoms with E-state index in [4.69, 9.17) is 0 Å². The molecule has 3 rings (SSSR count). The van der Waals surface area contributed by atoms with Crippen molar-refractivity contribution in [1.29, 1.82) is 0 Å². The first-order valence-electron chi connectivity index (χ1n) is 5.67. The van der Waals surface area contributed by atoms with E-state index in [0.717, 1.165) is 4.47 Å². The van der Waals surface area contributed by atoms with Gasteiger partial charge in [0.15, 0.2) is 0 Å². The van der Waals surface area contributed by atoms with E-state index in [1.807, 2.05) is 6.07 Å². The summed E-state index contributed by atoms with van der Waals surface area (Å²) in [6.07, 6.45) is 0. The van der Waals surface area contributed by atoms with Gasteiger partial charge in [-0.2, -0.15) is 0 Å². The van der Waals surface area contributed by atoms with Crippen LogP contribution in [-0.4, -0.2) is 14.7 Å². The Morgan fingerprint density at radius 2 is 2.00 bits per heavy atom. The molecule has 5 heteroatoms. The van der Waals surface area contributed by atoms with E-state index in [2.05, 4.69) is 20.9 Å². The van der Waals surface area contributed by atoms with Gasteiger partial charge < -0.3 is 9.67 Å². The molecule has 0 fully saturated rings. The molecular formula is C14H10BrFN2O. The van der Waals surface area contributed by atoms with Crippen molar-refractivity contribution in [3.63, 3.8) is 0 Å². The molecule has 19 heavy (non-hydrogen) atoms. The third kappa shape index (κ3) is 2.00. The molecule has 96 valence electrons. The Morgan fingerprint density at radius 1 is 1.21 bits per heavy atom. The number of imidazole rings is 1. The van der Waals surface area contributed by atoms with Crippen LogP contribution in [0.15, 0.2) is 40.9 Å². The smallest absolute Gasteiger partial charge is 0.144 e. The highest BCUT2D eigenvalue weighted by Gasteiger charge is 2.13. The van der Waals surface area contributed by atoms with Crippen molar-refractivity contribution in [2.24, 2.45) is 7.05 Å². The van der Waals surface area contributed by atoms with Crippen LogP contribution in [0.1, 0.15) is 0 Å². The fourth-order valence-corrected chi connectivity index (χ4v) is 2.45. The highest BCUT2D eigenvalue weighted by Crippen LogP contribution is 2.32. The molecule has 1 heterocycles. The molecule has 0 saturated carbocycles. The van der Waals surface area contributed by atoms with Gasteiger partial charge in [-0.1, -0.05) is 15.9 Å². The average molecular weight is 321 g/mol. The quantitative estimate of drug-likeness (QED) is 0.739. The van der Waals surface area contributed by atoms with Gasteiger partial charge in [0.2, 0.25) is 0 Å². The Kier molecular flexibility index (Phi) is 2.78. The van der Waals surface area contributed by atoms with Crippen LogP contribution in [0.5, 0.6) is 5.75 Å². The molecule has 0 amide bonds. The van der Waals surface area contributed by atoms with Crippen LogP contribution in [0, 0.1) is 5.82 Å². The van der Waals surface area contributed by atoms with Crippen molar-refractivity contribution < 1.29 is 9.50 Å². The Labute approximate surface area is 117 Å². The SMILES string of the molecule is Cn1c(-c2ccc(Br)cc2O)nc2ccc(F)cc21. The second-order valence-corrected chi connectivity index (χ2v) is 5.20. The van der Waals surface area contributed by atoms with E-state index in [-0.39, 0.29) is 11.6 Å². The molecule has 3 nitrogen and oxygen atoms in total. The van der Waals surface area contributed by atoms with Crippen molar-refractivity contribution in [3.8, 4) is 17.1 Å². The zero-order valence-electron chi connectivity index (χ0n) is 10.1. The number of aromatic nitrogens is 2. The van der Waals surface area contributed by atoms with E-state index in [1.54, 1.807) is 29.8 Å². The van der Waals surface area contributed by atoms with Crippen molar-refractivity contribution in [2.45, 2.75) is 0 Å². The number of phenolic OH excluding ortho intramolecular Hbond substituents is 1. The number of aromatic hydroxyl groups is 1. The van der Waals surface area contributed by atoms with Gasteiger partial charge in [0, 0.05) is 11.5 Å². The monoisotopic (exact) mass is 320 g/mol. The van der Waals surface area contributed by atoms with Crippen LogP contribution in [0.2, 0.25) is 0 Å². The van der Waals surface area contributed by atoms with Crippen molar-refractivity contribution in [2.75, 3.05) is 0 Å². The largest absolute Gasteiger partial charge is 0.507 e. The summed E-state index contributed by atoms with van der Waals surface area (Å²) in [6, 6.07) is 9.65. The maximum absolute atomic E-state index is 13.3. The Morgan fingerprint density at radius 3 is 2.74 bits per heavy atom. The lowest BCUT2D eigenvalue weighted by Crippen LogP contribution is -1.93. The molecule has 0 atom stereocenters. The zero-order chi connectivity index (χ0) is 13.6. The highest BCUT2D eigenvalue weighted by molar-refractivity contribution is 9.10. The molecule has 0 spiro atoms. The predicted molar refractivity (Wildman–Crippen MR) is 75.5 cm³/mol. The first kappa shape index (κ1) is 12.2. The van der Waals surface area contributed by atoms with Gasteiger partial charge in [0.25, 0.3) is 0 Å². The summed E-state index contributed by atoms with van der Waals surface area (Å²) in [4.78, 5) is 4.44. The zero-order valence-corrected chi connectivity index (χ0v) is 11.6. The van der Waals surface area contributed by atoms with Crippen LogP contribution < -0.4 is 0 Å². The molecule has 0 bridgehead atoms. The van der Waals surface area contributed by atoms with E-state index in [9.17, 15) is 9.50 Å². The molecule has 1 N–H and O–H groups in total. The van der Waals surface area contributed by atoms with Gasteiger partial charge in [-0.3, -0.25) is 0 Å². The third-order valence-corrected chi connectivity index (χ3v) is 3.54. The first-order valence-corrected chi connectivity index (χ1v) is 6.46. The molecule has 0 aliphatic heterocycles. The van der Waals surface area contributed by atoms with Gasteiger partial charge in [0.05, 0.1) is 16.6 Å². The highest BCUT2D eigenvalue weighted by atomic mass is 79.9. The average Bonchev–Trinajstić information content (AvgIpc) is 2.67. The lowest BCUT2D eigenvalue weighted by atomic mass is 10.2. The van der Waals surface area contributed by atoms with Crippen LogP contribution in [-0.2, 0) is 7.05 Å². The number of fused-ring (bicyclic) bond motifs is 1. The fraction of sp³-hybridized carbons (Fsp3) is 0.0714.